The molecule has 20 heavy (non-hydrogen) atoms. The van der Waals surface area contributed by atoms with Crippen LogP contribution in [-0.4, -0.2) is 48.6 Å². The lowest BCUT2D eigenvalue weighted by Gasteiger charge is -2.44. The van der Waals surface area contributed by atoms with Crippen LogP contribution in [0.5, 0.6) is 0 Å². The summed E-state index contributed by atoms with van der Waals surface area (Å²) in [6, 6.07) is 0.192. The molecular weight excluding hydrogens is 256 g/mol. The molecule has 112 valence electrons. The zero-order valence-electron chi connectivity index (χ0n) is 12.0. The Labute approximate surface area is 120 Å². The van der Waals surface area contributed by atoms with E-state index >= 15 is 0 Å². The first kappa shape index (κ1) is 13.9. The molecule has 3 heterocycles. The van der Waals surface area contributed by atoms with Crippen molar-refractivity contribution in [1.82, 2.24) is 10.2 Å². The number of hydrogen-bond donors (Lipinski definition) is 1. The number of nitrogens with zero attached hydrogens (tertiary/aromatic N) is 1. The van der Waals surface area contributed by atoms with Gasteiger partial charge in [-0.1, -0.05) is 6.42 Å². The molecule has 5 heteroatoms. The average Bonchev–Trinajstić information content (AvgIpc) is 2.91. The Balaban J connectivity index is 1.49. The van der Waals surface area contributed by atoms with Crippen LogP contribution in [0.4, 0.5) is 0 Å². The number of piperidine rings is 2. The van der Waals surface area contributed by atoms with Gasteiger partial charge in [0.05, 0.1) is 6.61 Å². The molecular formula is C15H24N2O3. The van der Waals surface area contributed by atoms with Crippen molar-refractivity contribution in [3.8, 4) is 0 Å². The Kier molecular flexibility index (Phi) is 4.24. The van der Waals surface area contributed by atoms with Crippen LogP contribution < -0.4 is 5.32 Å². The largest absolute Gasteiger partial charge is 0.464 e. The number of esters is 1. The molecule has 3 unspecified atom stereocenters. The van der Waals surface area contributed by atoms with Gasteiger partial charge in [0, 0.05) is 18.4 Å². The number of fused-ring (bicyclic) bond motifs is 1. The molecule has 0 aromatic heterocycles. The van der Waals surface area contributed by atoms with E-state index in [1.165, 1.54) is 38.8 Å². The molecule has 0 aliphatic carbocycles. The normalized spacial score (nSPS) is 34.4. The Hall–Kier alpha value is -1.10. The molecule has 1 N–H and O–H groups in total. The van der Waals surface area contributed by atoms with Crippen LogP contribution >= 0.6 is 0 Å². The summed E-state index contributed by atoms with van der Waals surface area (Å²) in [5, 5.41) is 2.67. The minimum atomic E-state index is -0.409. The summed E-state index contributed by atoms with van der Waals surface area (Å²) in [6.07, 6.45) is 7.23. The van der Waals surface area contributed by atoms with E-state index in [9.17, 15) is 9.59 Å². The standard InChI is InChI=1S/C15H24N2O3/c18-14-7-6-12(16-14)15(19)20-10-11-4-3-9-17-8-2-1-5-13(11)17/h11-13H,1-10H2,(H,16,18). The maximum absolute atomic E-state index is 11.9. The van der Waals surface area contributed by atoms with Crippen molar-refractivity contribution in [2.75, 3.05) is 19.7 Å². The molecule has 3 rings (SSSR count). The second-order valence-electron chi connectivity index (χ2n) is 6.29. The molecule has 3 fully saturated rings. The number of hydrogen-bond acceptors (Lipinski definition) is 4. The fourth-order valence-corrected chi connectivity index (χ4v) is 3.85. The smallest absolute Gasteiger partial charge is 0.328 e. The number of carbonyl (C=O) groups is 2. The number of ether oxygens (including phenoxy) is 1. The van der Waals surface area contributed by atoms with E-state index in [1.54, 1.807) is 0 Å². The van der Waals surface area contributed by atoms with Gasteiger partial charge in [-0.05, 0) is 45.2 Å². The number of amides is 1. The zero-order chi connectivity index (χ0) is 13.9. The highest BCUT2D eigenvalue weighted by Gasteiger charge is 2.35. The topological polar surface area (TPSA) is 58.6 Å². The van der Waals surface area contributed by atoms with Crippen LogP contribution in [0.2, 0.25) is 0 Å². The van der Waals surface area contributed by atoms with Gasteiger partial charge in [0.25, 0.3) is 0 Å². The average molecular weight is 280 g/mol. The lowest BCUT2D eigenvalue weighted by Crippen LogP contribution is -2.49. The van der Waals surface area contributed by atoms with E-state index in [1.807, 2.05) is 0 Å². The minimum Gasteiger partial charge on any atom is -0.464 e. The third kappa shape index (κ3) is 2.97. The first-order valence-electron chi connectivity index (χ1n) is 7.94. The van der Waals surface area contributed by atoms with Crippen molar-refractivity contribution in [2.24, 2.45) is 5.92 Å². The molecule has 0 aromatic rings. The maximum atomic E-state index is 11.9. The summed E-state index contributed by atoms with van der Waals surface area (Å²) in [4.78, 5) is 25.6. The molecule has 0 saturated carbocycles. The van der Waals surface area contributed by atoms with Gasteiger partial charge < -0.3 is 10.1 Å². The fraction of sp³-hybridized carbons (Fsp3) is 0.867. The molecule has 3 atom stereocenters. The molecule has 0 radical (unpaired) electrons. The van der Waals surface area contributed by atoms with Crippen LogP contribution in [0.25, 0.3) is 0 Å². The number of carbonyl (C=O) groups excluding carboxylic acids is 2. The maximum Gasteiger partial charge on any atom is 0.328 e. The lowest BCUT2D eigenvalue weighted by atomic mass is 9.84. The van der Waals surface area contributed by atoms with Crippen molar-refractivity contribution >= 4 is 11.9 Å². The third-order valence-electron chi connectivity index (χ3n) is 4.95. The van der Waals surface area contributed by atoms with Crippen LogP contribution in [-0.2, 0) is 14.3 Å². The van der Waals surface area contributed by atoms with Crippen LogP contribution in [0.3, 0.4) is 0 Å². The van der Waals surface area contributed by atoms with E-state index < -0.39 is 6.04 Å². The summed E-state index contributed by atoms with van der Waals surface area (Å²) < 4.78 is 5.48. The Morgan fingerprint density at radius 3 is 2.85 bits per heavy atom. The van der Waals surface area contributed by atoms with Crippen molar-refractivity contribution in [3.05, 3.63) is 0 Å². The van der Waals surface area contributed by atoms with Gasteiger partial charge >= 0.3 is 5.97 Å². The van der Waals surface area contributed by atoms with E-state index in [0.29, 0.717) is 31.4 Å². The van der Waals surface area contributed by atoms with Gasteiger partial charge in [0.1, 0.15) is 6.04 Å². The monoisotopic (exact) mass is 280 g/mol. The number of rotatable bonds is 3. The highest BCUT2D eigenvalue weighted by molar-refractivity contribution is 5.88. The van der Waals surface area contributed by atoms with Gasteiger partial charge in [0.15, 0.2) is 0 Å². The second-order valence-corrected chi connectivity index (χ2v) is 6.29. The predicted octanol–water partition coefficient (Wildman–Crippen LogP) is 1.07. The highest BCUT2D eigenvalue weighted by Crippen LogP contribution is 2.31. The highest BCUT2D eigenvalue weighted by atomic mass is 16.5. The van der Waals surface area contributed by atoms with Crippen molar-refractivity contribution in [1.29, 1.82) is 0 Å². The zero-order valence-corrected chi connectivity index (χ0v) is 12.0. The van der Waals surface area contributed by atoms with Crippen molar-refractivity contribution in [3.63, 3.8) is 0 Å². The van der Waals surface area contributed by atoms with Gasteiger partial charge in [0.2, 0.25) is 5.91 Å². The van der Waals surface area contributed by atoms with Gasteiger partial charge in [-0.25, -0.2) is 4.79 Å². The molecule has 1 amide bonds. The summed E-state index contributed by atoms with van der Waals surface area (Å²) in [7, 11) is 0. The molecule has 0 aromatic carbocycles. The third-order valence-corrected chi connectivity index (χ3v) is 4.95. The van der Waals surface area contributed by atoms with Crippen molar-refractivity contribution in [2.45, 2.75) is 57.0 Å². The quantitative estimate of drug-likeness (QED) is 0.786. The predicted molar refractivity (Wildman–Crippen MR) is 74.1 cm³/mol. The van der Waals surface area contributed by atoms with E-state index in [0.717, 1.165) is 6.42 Å². The minimum absolute atomic E-state index is 0.0388. The van der Waals surface area contributed by atoms with Crippen LogP contribution in [0.15, 0.2) is 0 Å². The summed E-state index contributed by atoms with van der Waals surface area (Å²) in [5.74, 6) is 0.192. The van der Waals surface area contributed by atoms with Crippen LogP contribution in [0, 0.1) is 5.92 Å². The second kappa shape index (κ2) is 6.12. The Bertz CT molecular complexity index is 383. The first-order chi connectivity index (χ1) is 9.74. The first-order valence-corrected chi connectivity index (χ1v) is 7.94. The van der Waals surface area contributed by atoms with Gasteiger partial charge in [-0.2, -0.15) is 0 Å². The molecule has 5 nitrogen and oxygen atoms in total. The SMILES string of the molecule is O=C1CCC(C(=O)OCC2CCCN3CCCCC23)N1. The van der Waals surface area contributed by atoms with Gasteiger partial charge in [-0.15, -0.1) is 0 Å². The van der Waals surface area contributed by atoms with Crippen molar-refractivity contribution < 1.29 is 14.3 Å². The summed E-state index contributed by atoms with van der Waals surface area (Å²) in [6.45, 7) is 2.92. The van der Waals surface area contributed by atoms with E-state index in [4.69, 9.17) is 4.74 Å². The molecule has 3 saturated heterocycles. The molecule has 3 aliphatic rings. The Morgan fingerprint density at radius 1 is 1.20 bits per heavy atom. The molecule has 3 aliphatic heterocycles. The molecule has 0 bridgehead atoms. The Morgan fingerprint density at radius 2 is 2.05 bits per heavy atom. The van der Waals surface area contributed by atoms with E-state index in [2.05, 4.69) is 10.2 Å². The summed E-state index contributed by atoms with van der Waals surface area (Å²) in [5.41, 5.74) is 0. The molecule has 0 spiro atoms. The number of nitrogens with one attached hydrogen (secondary N) is 1. The lowest BCUT2D eigenvalue weighted by molar-refractivity contribution is -0.149. The van der Waals surface area contributed by atoms with Gasteiger partial charge in [-0.3, -0.25) is 9.69 Å². The summed E-state index contributed by atoms with van der Waals surface area (Å²) >= 11 is 0. The van der Waals surface area contributed by atoms with Crippen LogP contribution in [0.1, 0.15) is 44.9 Å². The fourth-order valence-electron chi connectivity index (χ4n) is 3.85. The van der Waals surface area contributed by atoms with E-state index in [-0.39, 0.29) is 11.9 Å².